The highest BCUT2D eigenvalue weighted by molar-refractivity contribution is 7.11. The lowest BCUT2D eigenvalue weighted by Crippen LogP contribution is -2.25. The van der Waals surface area contributed by atoms with E-state index in [1.807, 2.05) is 50.2 Å². The molecule has 0 saturated carbocycles. The van der Waals surface area contributed by atoms with Crippen molar-refractivity contribution >= 4 is 28.8 Å². The van der Waals surface area contributed by atoms with Crippen LogP contribution in [-0.2, 0) is 17.6 Å². The number of rotatable bonds is 8. The lowest BCUT2D eigenvalue weighted by molar-refractivity contribution is -0.115. The van der Waals surface area contributed by atoms with Crippen LogP contribution in [0.25, 0.3) is 5.69 Å². The first-order chi connectivity index (χ1) is 16.4. The maximum atomic E-state index is 12.6. The molecule has 7 nitrogen and oxygen atoms in total. The third-order valence-corrected chi connectivity index (χ3v) is 6.52. The Morgan fingerprint density at radius 3 is 2.65 bits per heavy atom. The smallest absolute Gasteiger partial charge is 0.251 e. The van der Waals surface area contributed by atoms with E-state index < -0.39 is 0 Å². The van der Waals surface area contributed by atoms with Crippen molar-refractivity contribution in [1.29, 1.82) is 0 Å². The molecule has 2 aromatic heterocycles. The van der Waals surface area contributed by atoms with Crippen molar-refractivity contribution in [3.05, 3.63) is 93.2 Å². The van der Waals surface area contributed by atoms with Gasteiger partial charge in [-0.15, -0.1) is 11.3 Å². The quantitative estimate of drug-likeness (QED) is 0.397. The number of hydrogen-bond donors (Lipinski definition) is 2. The highest BCUT2D eigenvalue weighted by atomic mass is 32.1. The Bertz CT molecular complexity index is 1300. The second-order valence-electron chi connectivity index (χ2n) is 8.19. The highest BCUT2D eigenvalue weighted by Crippen LogP contribution is 2.17. The van der Waals surface area contributed by atoms with Crippen molar-refractivity contribution in [2.75, 3.05) is 11.9 Å². The highest BCUT2D eigenvalue weighted by Gasteiger charge is 2.10. The van der Waals surface area contributed by atoms with Crippen LogP contribution in [0.4, 0.5) is 5.69 Å². The van der Waals surface area contributed by atoms with E-state index in [1.165, 1.54) is 4.88 Å². The fraction of sp³-hybridized carbons (Fsp3) is 0.231. The maximum absolute atomic E-state index is 12.6. The van der Waals surface area contributed by atoms with E-state index in [0.29, 0.717) is 30.6 Å². The van der Waals surface area contributed by atoms with Crippen LogP contribution in [0.5, 0.6) is 0 Å². The summed E-state index contributed by atoms with van der Waals surface area (Å²) < 4.78 is 1.64. The number of thiazole rings is 1. The van der Waals surface area contributed by atoms with E-state index in [2.05, 4.69) is 27.6 Å². The van der Waals surface area contributed by atoms with Crippen LogP contribution in [0.3, 0.4) is 0 Å². The Morgan fingerprint density at radius 2 is 1.88 bits per heavy atom. The number of hydrogen-bond acceptors (Lipinski definition) is 5. The SMILES string of the molecule is Cc1cccc(CC(=O)Nc2cnn(-c3cccc(C(=O)NCCc4nc(C)c(C)s4)c3)c2)c1. The molecule has 0 radical (unpaired) electrons. The minimum atomic E-state index is -0.148. The molecule has 0 saturated heterocycles. The second-order valence-corrected chi connectivity index (χ2v) is 9.48. The molecule has 0 fully saturated rings. The van der Waals surface area contributed by atoms with Gasteiger partial charge in [0.05, 0.1) is 40.9 Å². The monoisotopic (exact) mass is 473 g/mol. The minimum Gasteiger partial charge on any atom is -0.352 e. The first-order valence-corrected chi connectivity index (χ1v) is 11.9. The number of carbonyl (C=O) groups is 2. The van der Waals surface area contributed by atoms with Crippen LogP contribution < -0.4 is 10.6 Å². The number of nitrogens with one attached hydrogen (secondary N) is 2. The molecule has 4 rings (SSSR count). The summed E-state index contributed by atoms with van der Waals surface area (Å²) in [5, 5.41) is 11.2. The van der Waals surface area contributed by atoms with Crippen molar-refractivity contribution in [3.8, 4) is 5.69 Å². The molecule has 0 aliphatic carbocycles. The molecule has 2 N–H and O–H groups in total. The van der Waals surface area contributed by atoms with Gasteiger partial charge in [-0.2, -0.15) is 5.10 Å². The van der Waals surface area contributed by atoms with Crippen LogP contribution in [0.1, 0.15) is 37.1 Å². The Hall–Kier alpha value is -3.78. The largest absolute Gasteiger partial charge is 0.352 e. The predicted octanol–water partition coefficient (Wildman–Crippen LogP) is 4.41. The summed E-state index contributed by atoms with van der Waals surface area (Å²) in [6.45, 7) is 6.57. The van der Waals surface area contributed by atoms with Gasteiger partial charge in [-0.3, -0.25) is 9.59 Å². The normalized spacial score (nSPS) is 10.8. The molecule has 0 aliphatic rings. The Kier molecular flexibility index (Phi) is 7.18. The molecular weight excluding hydrogens is 446 g/mol. The average molecular weight is 474 g/mol. The van der Waals surface area contributed by atoms with Crippen molar-refractivity contribution < 1.29 is 9.59 Å². The van der Waals surface area contributed by atoms with Crippen molar-refractivity contribution in [2.24, 2.45) is 0 Å². The molecule has 4 aromatic rings. The van der Waals surface area contributed by atoms with Gasteiger partial charge in [0.2, 0.25) is 5.91 Å². The van der Waals surface area contributed by atoms with E-state index in [0.717, 1.165) is 27.5 Å². The number of amides is 2. The topological polar surface area (TPSA) is 88.9 Å². The summed E-state index contributed by atoms with van der Waals surface area (Å²) in [5.74, 6) is -0.255. The molecule has 2 aromatic carbocycles. The van der Waals surface area contributed by atoms with Gasteiger partial charge in [-0.05, 0) is 44.5 Å². The van der Waals surface area contributed by atoms with Gasteiger partial charge < -0.3 is 10.6 Å². The Labute approximate surface area is 202 Å². The fourth-order valence-electron chi connectivity index (χ4n) is 3.56. The Balaban J connectivity index is 1.35. The van der Waals surface area contributed by atoms with Gasteiger partial charge in [-0.1, -0.05) is 35.9 Å². The molecule has 2 amide bonds. The number of benzene rings is 2. The van der Waals surface area contributed by atoms with Crippen LogP contribution in [0, 0.1) is 20.8 Å². The van der Waals surface area contributed by atoms with Gasteiger partial charge >= 0.3 is 0 Å². The summed E-state index contributed by atoms with van der Waals surface area (Å²) in [5.41, 5.74) is 5.01. The first-order valence-electron chi connectivity index (χ1n) is 11.1. The van der Waals surface area contributed by atoms with E-state index in [1.54, 1.807) is 40.5 Å². The molecule has 0 unspecified atom stereocenters. The van der Waals surface area contributed by atoms with E-state index >= 15 is 0 Å². The van der Waals surface area contributed by atoms with Gasteiger partial charge in [-0.25, -0.2) is 9.67 Å². The molecule has 8 heteroatoms. The van der Waals surface area contributed by atoms with Crippen LogP contribution in [-0.4, -0.2) is 33.1 Å². The van der Waals surface area contributed by atoms with Crippen LogP contribution in [0.2, 0.25) is 0 Å². The van der Waals surface area contributed by atoms with E-state index in [9.17, 15) is 9.59 Å². The Morgan fingerprint density at radius 1 is 1.06 bits per heavy atom. The molecule has 0 atom stereocenters. The lowest BCUT2D eigenvalue weighted by atomic mass is 10.1. The van der Waals surface area contributed by atoms with E-state index in [4.69, 9.17) is 0 Å². The summed E-state index contributed by atoms with van der Waals surface area (Å²) >= 11 is 1.66. The molecule has 2 heterocycles. The van der Waals surface area contributed by atoms with Gasteiger partial charge in [0.25, 0.3) is 5.91 Å². The van der Waals surface area contributed by atoms with Crippen LogP contribution >= 0.6 is 11.3 Å². The molecule has 0 spiro atoms. The standard InChI is InChI=1S/C26H27N5O2S/c1-17-6-4-7-20(12-17)13-24(32)30-22-15-28-31(16-22)23-9-5-8-21(14-23)26(33)27-11-10-25-29-18(2)19(3)34-25/h4-9,12,14-16H,10-11,13H2,1-3H3,(H,27,33)(H,30,32). The zero-order chi connectivity index (χ0) is 24.1. The van der Waals surface area contributed by atoms with Crippen LogP contribution in [0.15, 0.2) is 60.9 Å². The second kappa shape index (κ2) is 10.4. The van der Waals surface area contributed by atoms with Crippen molar-refractivity contribution in [2.45, 2.75) is 33.6 Å². The number of anilines is 1. The summed E-state index contributed by atoms with van der Waals surface area (Å²) in [4.78, 5) is 30.7. The summed E-state index contributed by atoms with van der Waals surface area (Å²) in [6, 6.07) is 15.1. The molecular formula is C26H27N5O2S. The summed E-state index contributed by atoms with van der Waals surface area (Å²) in [6.07, 6.45) is 4.33. The van der Waals surface area contributed by atoms with Gasteiger partial charge in [0.1, 0.15) is 0 Å². The minimum absolute atomic E-state index is 0.108. The van der Waals surface area contributed by atoms with Gasteiger partial charge in [0.15, 0.2) is 0 Å². The number of nitrogens with zero attached hydrogens (tertiary/aromatic N) is 3. The summed E-state index contributed by atoms with van der Waals surface area (Å²) in [7, 11) is 0. The molecule has 174 valence electrons. The zero-order valence-electron chi connectivity index (χ0n) is 19.5. The maximum Gasteiger partial charge on any atom is 0.251 e. The van der Waals surface area contributed by atoms with Crippen molar-refractivity contribution in [1.82, 2.24) is 20.1 Å². The third-order valence-electron chi connectivity index (χ3n) is 5.38. The molecule has 34 heavy (non-hydrogen) atoms. The fourth-order valence-corrected chi connectivity index (χ4v) is 4.50. The average Bonchev–Trinajstić information content (AvgIpc) is 3.39. The number of aryl methyl sites for hydroxylation is 3. The zero-order valence-corrected chi connectivity index (χ0v) is 20.3. The molecule has 0 aliphatic heterocycles. The number of aromatic nitrogens is 3. The van der Waals surface area contributed by atoms with Crippen molar-refractivity contribution in [3.63, 3.8) is 0 Å². The number of carbonyl (C=O) groups excluding carboxylic acids is 2. The van der Waals surface area contributed by atoms with Gasteiger partial charge in [0, 0.05) is 23.4 Å². The lowest BCUT2D eigenvalue weighted by Gasteiger charge is -2.07. The first kappa shape index (κ1) is 23.4. The third kappa shape index (κ3) is 5.96. The predicted molar refractivity (Wildman–Crippen MR) is 135 cm³/mol. The molecule has 0 bridgehead atoms. The van der Waals surface area contributed by atoms with E-state index in [-0.39, 0.29) is 11.8 Å².